The summed E-state index contributed by atoms with van der Waals surface area (Å²) in [5, 5.41) is 26.5. The van der Waals surface area contributed by atoms with Crippen LogP contribution in [0.2, 0.25) is 0 Å². The quantitative estimate of drug-likeness (QED) is 0.164. The number of aliphatic hydroxyl groups is 2. The molecule has 0 unspecified atom stereocenters. The average Bonchev–Trinajstić information content (AvgIpc) is 3.58. The first kappa shape index (κ1) is 48.1. The molecule has 6 heterocycles. The molecule has 1 aliphatic carbocycles. The number of hydrogen-bond donors (Lipinski definition) is 3. The highest BCUT2D eigenvalue weighted by Crippen LogP contribution is 2.47. The first-order valence-corrected chi connectivity index (χ1v) is 22.9. The van der Waals surface area contributed by atoms with Crippen molar-refractivity contribution in [3.8, 4) is 0 Å². The minimum atomic E-state index is -1.84. The van der Waals surface area contributed by atoms with Gasteiger partial charge in [-0.05, 0) is 62.8 Å². The van der Waals surface area contributed by atoms with Crippen LogP contribution in [0.15, 0.2) is 59.3 Å². The number of esters is 1. The number of aliphatic hydroxyl groups excluding tert-OH is 1. The molecule has 0 radical (unpaired) electrons. The van der Waals surface area contributed by atoms with Crippen LogP contribution in [0.3, 0.4) is 0 Å². The van der Waals surface area contributed by atoms with Gasteiger partial charge >= 0.3 is 5.97 Å². The molecule has 2 bridgehead atoms. The van der Waals surface area contributed by atoms with Crippen molar-refractivity contribution in [1.82, 2.24) is 5.32 Å². The Kier molecular flexibility index (Phi) is 15.3. The lowest BCUT2D eigenvalue weighted by molar-refractivity contribution is -0.311. The largest absolute Gasteiger partial charge is 0.462 e. The molecular formula is C48H71NO14. The fraction of sp³-hybridized carbons (Fsp3) is 0.750. The number of carbonyl (C=O) groups is 2. The smallest absolute Gasteiger partial charge is 0.316 e. The minimum Gasteiger partial charge on any atom is -0.462 e. The molecule has 7 rings (SSSR count). The molecule has 1 spiro atoms. The van der Waals surface area contributed by atoms with Crippen molar-refractivity contribution >= 4 is 12.4 Å². The van der Waals surface area contributed by atoms with Gasteiger partial charge in [0.2, 0.25) is 6.41 Å². The van der Waals surface area contributed by atoms with Gasteiger partial charge in [-0.3, -0.25) is 9.59 Å². The summed E-state index contributed by atoms with van der Waals surface area (Å²) in [6, 6.07) is -0.310. The number of rotatable bonds is 9. The number of amides is 1. The first-order chi connectivity index (χ1) is 30.0. The van der Waals surface area contributed by atoms with Gasteiger partial charge in [-0.2, -0.15) is 0 Å². The summed E-state index contributed by atoms with van der Waals surface area (Å²) in [5.41, 5.74) is 0.113. The van der Waals surface area contributed by atoms with E-state index < -0.39 is 84.7 Å². The van der Waals surface area contributed by atoms with Crippen LogP contribution >= 0.6 is 0 Å². The number of methoxy groups -OCH3 is 2. The third kappa shape index (κ3) is 10.00. The van der Waals surface area contributed by atoms with Crippen LogP contribution < -0.4 is 5.32 Å². The van der Waals surface area contributed by atoms with E-state index >= 15 is 0 Å². The lowest BCUT2D eigenvalue weighted by Crippen LogP contribution is -2.58. The molecule has 63 heavy (non-hydrogen) atoms. The molecule has 0 aromatic rings. The maximum absolute atomic E-state index is 14.3. The highest BCUT2D eigenvalue weighted by atomic mass is 16.7. The van der Waals surface area contributed by atoms with Crippen LogP contribution in [0.25, 0.3) is 0 Å². The van der Waals surface area contributed by atoms with Crippen molar-refractivity contribution in [2.45, 2.75) is 185 Å². The van der Waals surface area contributed by atoms with Crippen LogP contribution in [0.1, 0.15) is 87.5 Å². The van der Waals surface area contributed by atoms with E-state index in [0.29, 0.717) is 43.2 Å². The van der Waals surface area contributed by atoms with Crippen molar-refractivity contribution in [2.75, 3.05) is 20.8 Å². The molecule has 0 saturated carbocycles. The molecule has 1 amide bonds. The third-order valence-electron chi connectivity index (χ3n) is 14.3. The van der Waals surface area contributed by atoms with Crippen molar-refractivity contribution in [3.05, 3.63) is 59.3 Å². The van der Waals surface area contributed by atoms with E-state index in [2.05, 4.69) is 45.2 Å². The van der Waals surface area contributed by atoms with E-state index in [1.807, 2.05) is 39.0 Å². The van der Waals surface area contributed by atoms with Gasteiger partial charge in [-0.1, -0.05) is 64.2 Å². The second-order valence-corrected chi connectivity index (χ2v) is 19.1. The highest BCUT2D eigenvalue weighted by molar-refractivity contribution is 5.78. The molecule has 4 saturated heterocycles. The van der Waals surface area contributed by atoms with Gasteiger partial charge in [0, 0.05) is 51.7 Å². The van der Waals surface area contributed by atoms with Crippen LogP contribution in [0, 0.1) is 23.7 Å². The van der Waals surface area contributed by atoms with Gasteiger partial charge in [0.15, 0.2) is 18.4 Å². The maximum Gasteiger partial charge on any atom is 0.316 e. The van der Waals surface area contributed by atoms with E-state index in [4.69, 9.17) is 47.4 Å². The normalized spacial score (nSPS) is 47.2. The zero-order valence-electron chi connectivity index (χ0n) is 38.5. The number of fused-ring (bicyclic) bond motifs is 2. The van der Waals surface area contributed by atoms with Crippen LogP contribution in [-0.2, 0) is 57.0 Å². The van der Waals surface area contributed by atoms with Crippen LogP contribution in [-0.4, -0.2) is 141 Å². The second kappa shape index (κ2) is 20.0. The first-order valence-electron chi connectivity index (χ1n) is 22.9. The van der Waals surface area contributed by atoms with Crippen molar-refractivity contribution < 1.29 is 67.2 Å². The number of carbonyl (C=O) groups excluding carboxylic acids is 2. The average molecular weight is 886 g/mol. The van der Waals surface area contributed by atoms with Crippen molar-refractivity contribution in [2.24, 2.45) is 23.7 Å². The van der Waals surface area contributed by atoms with Gasteiger partial charge < -0.3 is 62.9 Å². The zero-order valence-corrected chi connectivity index (χ0v) is 38.5. The van der Waals surface area contributed by atoms with E-state index in [0.717, 1.165) is 5.57 Å². The molecule has 6 aliphatic heterocycles. The fourth-order valence-electron chi connectivity index (χ4n) is 10.8. The fourth-order valence-corrected chi connectivity index (χ4v) is 10.8. The minimum absolute atomic E-state index is 0.0269. The predicted octanol–water partition coefficient (Wildman–Crippen LogP) is 4.74. The molecule has 15 heteroatoms. The molecule has 0 aromatic carbocycles. The Morgan fingerprint density at radius 2 is 1.62 bits per heavy atom. The Morgan fingerprint density at radius 1 is 0.905 bits per heavy atom. The van der Waals surface area contributed by atoms with E-state index in [1.165, 1.54) is 0 Å². The molecule has 352 valence electrons. The van der Waals surface area contributed by atoms with Gasteiger partial charge in [0.1, 0.15) is 35.9 Å². The number of nitrogens with one attached hydrogen (secondary N) is 1. The molecule has 15 nitrogen and oxygen atoms in total. The Bertz CT molecular complexity index is 1780. The van der Waals surface area contributed by atoms with Crippen LogP contribution in [0.5, 0.6) is 0 Å². The number of hydrogen-bond acceptors (Lipinski definition) is 14. The highest BCUT2D eigenvalue weighted by Gasteiger charge is 2.60. The molecular weight excluding hydrogens is 815 g/mol. The van der Waals surface area contributed by atoms with Gasteiger partial charge in [0.05, 0.1) is 55.4 Å². The molecule has 7 aliphatic rings. The van der Waals surface area contributed by atoms with Crippen molar-refractivity contribution in [1.29, 1.82) is 0 Å². The SMILES string of the molecule is CO[C@H]1C[C@H](O[C@H]2[C@H](C)O[C@@H](O[C@@H]3/C(C)=C\C[C@@H]4C[C@@H](C[C@]5(C=C[C@H](C)[C@@H](C(C)C)O5)O4)OC(=O)[C@@H]4C=C(C)[C@@H](O)[C@H]5OCC(=C/C=C\[C@@H]3C)[C@]54O)C[C@@H]2OC)O[C@@H](C)[C@H]1NC=O. The van der Waals surface area contributed by atoms with E-state index in [1.54, 1.807) is 33.3 Å². The third-order valence-corrected chi connectivity index (χ3v) is 14.3. The Labute approximate surface area is 372 Å². The Balaban J connectivity index is 1.17. The maximum atomic E-state index is 14.3. The summed E-state index contributed by atoms with van der Waals surface area (Å²) in [7, 11) is 3.25. The number of ether oxygens (including phenoxy) is 10. The molecule has 4 fully saturated rings. The lowest BCUT2D eigenvalue weighted by atomic mass is 9.71. The molecule has 19 atom stereocenters. The standard InChI is InChI=1S/C48H71NO14/c1-25(2)42-28(5)16-17-47(63-42)22-34-19-33(62-47)15-14-27(4)43(26(3)12-11-13-32-23-56-45-41(51)29(6)18-35(46(52)59-34)48(32,45)53)60-39-21-37(55-10)44(31(8)58-39)61-38-20-36(54-9)40(49-24-50)30(7)57-38/h11-14,16-18,24-26,28,30-31,33-45,51,53H,15,19-23H2,1-10H3,(H,49,50)/b12-11-,27-14-,32-13?/t26-,28-,30-,31-,33+,34-,35-,36-,37-,38-,39-,40+,41+,42+,43-,44-,45+,47+,48+/m0/s1. The summed E-state index contributed by atoms with van der Waals surface area (Å²) >= 11 is 0. The summed E-state index contributed by atoms with van der Waals surface area (Å²) in [6.07, 6.45) is 9.14. The summed E-state index contributed by atoms with van der Waals surface area (Å²) in [4.78, 5) is 25.6. The van der Waals surface area contributed by atoms with E-state index in [-0.39, 0.29) is 55.1 Å². The van der Waals surface area contributed by atoms with Crippen molar-refractivity contribution in [3.63, 3.8) is 0 Å². The monoisotopic (exact) mass is 885 g/mol. The Morgan fingerprint density at radius 3 is 2.33 bits per heavy atom. The molecule has 0 aromatic heterocycles. The predicted molar refractivity (Wildman–Crippen MR) is 230 cm³/mol. The summed E-state index contributed by atoms with van der Waals surface area (Å²) < 4.78 is 64.0. The van der Waals surface area contributed by atoms with Crippen LogP contribution in [0.4, 0.5) is 0 Å². The van der Waals surface area contributed by atoms with Gasteiger partial charge in [-0.25, -0.2) is 0 Å². The summed E-state index contributed by atoms with van der Waals surface area (Å²) in [6.45, 7) is 16.0. The second-order valence-electron chi connectivity index (χ2n) is 19.1. The topological polar surface area (TPSA) is 179 Å². The molecule has 3 N–H and O–H groups in total. The lowest BCUT2D eigenvalue weighted by Gasteiger charge is -2.48. The zero-order chi connectivity index (χ0) is 45.4. The number of allylic oxidation sites excluding steroid dienone is 2. The van der Waals surface area contributed by atoms with E-state index in [9.17, 15) is 19.8 Å². The Hall–Kier alpha value is -2.80. The van der Waals surface area contributed by atoms with Gasteiger partial charge in [0.25, 0.3) is 0 Å². The van der Waals surface area contributed by atoms with Gasteiger partial charge in [-0.15, -0.1) is 0 Å². The summed E-state index contributed by atoms with van der Waals surface area (Å²) in [5.74, 6) is -2.65.